The Balaban J connectivity index is 5.19. The van der Waals surface area contributed by atoms with Crippen LogP contribution in [-0.4, -0.2) is 76.3 Å². The Morgan fingerprint density at radius 1 is 0.710 bits per heavy atom. The van der Waals surface area contributed by atoms with Crippen LogP contribution in [0.2, 0.25) is 0 Å². The smallest absolute Gasteiger partial charge is 0.327 e. The molecule has 0 saturated carbocycles. The minimum atomic E-state index is -1.34. The molecule has 4 unspecified atom stereocenters. The van der Waals surface area contributed by atoms with Crippen LogP contribution in [0.25, 0.3) is 0 Å². The summed E-state index contributed by atoms with van der Waals surface area (Å²) >= 11 is 7.82. The average molecular weight is 481 g/mol. The highest BCUT2D eigenvalue weighted by atomic mass is 32.1. The molecular weight excluding hydrogens is 452 g/mol. The summed E-state index contributed by atoms with van der Waals surface area (Å²) in [6.07, 6.45) is -0.645. The van der Waals surface area contributed by atoms with Crippen molar-refractivity contribution in [2.75, 3.05) is 11.5 Å². The van der Waals surface area contributed by atoms with E-state index in [0.29, 0.717) is 0 Å². The van der Waals surface area contributed by atoms with Crippen molar-refractivity contribution >= 4 is 60.8 Å². The normalized spacial score (nSPS) is 14.4. The predicted molar refractivity (Wildman–Crippen MR) is 116 cm³/mol. The maximum Gasteiger partial charge on any atom is 0.327 e. The van der Waals surface area contributed by atoms with Crippen LogP contribution in [0.1, 0.15) is 25.7 Å². The zero-order valence-electron chi connectivity index (χ0n) is 16.6. The molecule has 15 heteroatoms. The van der Waals surface area contributed by atoms with E-state index in [2.05, 4.69) is 41.2 Å². The number of nitrogens with one attached hydrogen (secondary N) is 3. The fourth-order valence-corrected chi connectivity index (χ4v) is 2.69. The summed E-state index contributed by atoms with van der Waals surface area (Å²) in [5.41, 5.74) is 15.7. The Kier molecular flexibility index (Phi) is 13.3. The van der Waals surface area contributed by atoms with Crippen molar-refractivity contribution in [2.45, 2.75) is 49.9 Å². The van der Waals surface area contributed by atoms with Crippen LogP contribution in [0.4, 0.5) is 0 Å². The topological polar surface area (TPSA) is 237 Å². The van der Waals surface area contributed by atoms with Gasteiger partial charge in [-0.05, 0) is 12.8 Å². The Hall–Kier alpha value is -2.52. The van der Waals surface area contributed by atoms with Crippen LogP contribution >= 0.6 is 25.3 Å². The summed E-state index contributed by atoms with van der Waals surface area (Å²) in [5.74, 6) is -5.55. The first-order valence-electron chi connectivity index (χ1n) is 9.10. The van der Waals surface area contributed by atoms with E-state index in [9.17, 15) is 28.8 Å². The first kappa shape index (κ1) is 28.5. The van der Waals surface area contributed by atoms with Gasteiger partial charge in [-0.25, -0.2) is 4.79 Å². The molecule has 0 saturated heterocycles. The number of nitrogens with two attached hydrogens (primary N) is 3. The van der Waals surface area contributed by atoms with E-state index in [1.165, 1.54) is 0 Å². The van der Waals surface area contributed by atoms with Crippen molar-refractivity contribution < 1.29 is 33.9 Å². The number of carboxylic acids is 1. The van der Waals surface area contributed by atoms with E-state index in [0.717, 1.165) is 0 Å². The van der Waals surface area contributed by atoms with Crippen LogP contribution in [0.15, 0.2) is 0 Å². The number of carbonyl (C=O) groups is 6. The maximum absolute atomic E-state index is 12.5. The van der Waals surface area contributed by atoms with E-state index in [4.69, 9.17) is 22.3 Å². The number of amides is 5. The van der Waals surface area contributed by atoms with Crippen molar-refractivity contribution in [1.29, 1.82) is 0 Å². The third-order valence-electron chi connectivity index (χ3n) is 3.96. The number of primary amides is 2. The van der Waals surface area contributed by atoms with Crippen LogP contribution in [0, 0.1) is 0 Å². The number of carboxylic acid groups (broad SMARTS) is 1. The Morgan fingerprint density at radius 3 is 1.58 bits per heavy atom. The number of rotatable bonds is 15. The van der Waals surface area contributed by atoms with Crippen molar-refractivity contribution in [3.05, 3.63) is 0 Å². The molecule has 0 bridgehead atoms. The molecule has 0 fully saturated rings. The van der Waals surface area contributed by atoms with E-state index in [1.54, 1.807) is 0 Å². The summed E-state index contributed by atoms with van der Waals surface area (Å²) in [7, 11) is 0. The zero-order chi connectivity index (χ0) is 24.1. The lowest BCUT2D eigenvalue weighted by Crippen LogP contribution is -2.58. The Bertz CT molecular complexity index is 693. The molecule has 0 radical (unpaired) electrons. The highest BCUT2D eigenvalue weighted by molar-refractivity contribution is 7.80. The molecule has 4 atom stereocenters. The fourth-order valence-electron chi connectivity index (χ4n) is 2.19. The van der Waals surface area contributed by atoms with Gasteiger partial charge in [-0.2, -0.15) is 25.3 Å². The van der Waals surface area contributed by atoms with Gasteiger partial charge in [-0.3, -0.25) is 24.0 Å². The lowest BCUT2D eigenvalue weighted by molar-refractivity contribution is -0.141. The van der Waals surface area contributed by atoms with Crippen molar-refractivity contribution in [3.63, 3.8) is 0 Å². The molecule has 10 N–H and O–H groups in total. The predicted octanol–water partition coefficient (Wildman–Crippen LogP) is -3.76. The van der Waals surface area contributed by atoms with Gasteiger partial charge in [-0.1, -0.05) is 0 Å². The van der Waals surface area contributed by atoms with Crippen LogP contribution in [0.3, 0.4) is 0 Å². The number of hydrogen-bond acceptors (Lipinski definition) is 9. The summed E-state index contributed by atoms with van der Waals surface area (Å²) in [5, 5.41) is 15.9. The largest absolute Gasteiger partial charge is 0.480 e. The molecule has 0 aliphatic rings. The van der Waals surface area contributed by atoms with Gasteiger partial charge in [0.2, 0.25) is 29.5 Å². The second-order valence-corrected chi connectivity index (χ2v) is 7.23. The molecule has 0 aliphatic carbocycles. The summed E-state index contributed by atoms with van der Waals surface area (Å²) < 4.78 is 0. The van der Waals surface area contributed by atoms with Crippen molar-refractivity contribution in [1.82, 2.24) is 16.0 Å². The molecule has 0 aromatic rings. The van der Waals surface area contributed by atoms with Gasteiger partial charge in [0.05, 0.1) is 6.04 Å². The number of aliphatic carboxylic acids is 1. The van der Waals surface area contributed by atoms with Crippen molar-refractivity contribution in [2.24, 2.45) is 17.2 Å². The molecule has 13 nitrogen and oxygen atoms in total. The molecule has 0 heterocycles. The van der Waals surface area contributed by atoms with Crippen LogP contribution < -0.4 is 33.2 Å². The van der Waals surface area contributed by atoms with E-state index < -0.39 is 59.7 Å². The molecule has 0 aromatic heterocycles. The lowest BCUT2D eigenvalue weighted by Gasteiger charge is -2.24. The third kappa shape index (κ3) is 11.4. The quantitative estimate of drug-likeness (QED) is 0.105. The molecule has 176 valence electrons. The second-order valence-electron chi connectivity index (χ2n) is 6.50. The van der Waals surface area contributed by atoms with Crippen molar-refractivity contribution in [3.8, 4) is 0 Å². The number of carbonyl (C=O) groups excluding carboxylic acids is 5. The van der Waals surface area contributed by atoms with Crippen LogP contribution in [0.5, 0.6) is 0 Å². The SMILES string of the molecule is NC(=O)CCC(N)C(=O)NC(CS)C(=O)NC(CCC(N)=O)C(=O)NC(CS)C(=O)O. The standard InChI is InChI=1S/C16H28N6O7S2/c17-7(1-3-11(18)23)13(25)21-9(5-30)15(27)20-8(2-4-12(19)24)14(26)22-10(6-31)16(28)29/h7-10,30-31H,1-6,17H2,(H2,18,23)(H2,19,24)(H,20,27)(H,21,25)(H,22,26)(H,28,29). The Labute approximate surface area is 189 Å². The summed E-state index contributed by atoms with van der Waals surface area (Å²) in [6, 6.07) is -4.96. The molecular formula is C16H28N6O7S2. The van der Waals surface area contributed by atoms with E-state index in [1.807, 2.05) is 0 Å². The molecule has 0 aromatic carbocycles. The minimum absolute atomic E-state index is 0.0357. The maximum atomic E-state index is 12.5. The molecule has 0 rings (SSSR count). The summed E-state index contributed by atoms with van der Waals surface area (Å²) in [6.45, 7) is 0. The van der Waals surface area contributed by atoms with Gasteiger partial charge in [0.15, 0.2) is 0 Å². The lowest BCUT2D eigenvalue weighted by atomic mass is 10.1. The molecule has 0 spiro atoms. The monoisotopic (exact) mass is 480 g/mol. The van der Waals surface area contributed by atoms with Gasteiger partial charge in [0.25, 0.3) is 0 Å². The average Bonchev–Trinajstić information content (AvgIpc) is 2.70. The van der Waals surface area contributed by atoms with Gasteiger partial charge in [0.1, 0.15) is 18.1 Å². The minimum Gasteiger partial charge on any atom is -0.480 e. The number of hydrogen-bond donors (Lipinski definition) is 9. The van der Waals surface area contributed by atoms with Gasteiger partial charge >= 0.3 is 5.97 Å². The number of thiol groups is 2. The molecule has 5 amide bonds. The highest BCUT2D eigenvalue weighted by Crippen LogP contribution is 2.02. The zero-order valence-corrected chi connectivity index (χ0v) is 18.4. The molecule has 31 heavy (non-hydrogen) atoms. The van der Waals surface area contributed by atoms with Crippen LogP contribution in [-0.2, 0) is 28.8 Å². The van der Waals surface area contributed by atoms with E-state index in [-0.39, 0.29) is 37.2 Å². The highest BCUT2D eigenvalue weighted by Gasteiger charge is 2.29. The van der Waals surface area contributed by atoms with Gasteiger partial charge < -0.3 is 38.3 Å². The second kappa shape index (κ2) is 14.5. The third-order valence-corrected chi connectivity index (χ3v) is 4.69. The fraction of sp³-hybridized carbons (Fsp3) is 0.625. The Morgan fingerprint density at radius 2 is 1.13 bits per heavy atom. The summed E-state index contributed by atoms with van der Waals surface area (Å²) in [4.78, 5) is 70.0. The first-order chi connectivity index (χ1) is 14.4. The first-order valence-corrected chi connectivity index (χ1v) is 10.4. The molecule has 0 aliphatic heterocycles. The van der Waals surface area contributed by atoms with Gasteiger partial charge in [-0.15, -0.1) is 0 Å². The van der Waals surface area contributed by atoms with Gasteiger partial charge in [0, 0.05) is 24.3 Å². The van der Waals surface area contributed by atoms with E-state index >= 15 is 0 Å².